The van der Waals surface area contributed by atoms with E-state index >= 15 is 0 Å². The van der Waals surface area contributed by atoms with Crippen molar-refractivity contribution in [3.63, 3.8) is 0 Å². The number of methoxy groups -OCH3 is 1. The van der Waals surface area contributed by atoms with Crippen LogP contribution in [0.2, 0.25) is 0 Å². The van der Waals surface area contributed by atoms with Crippen molar-refractivity contribution in [3.8, 4) is 5.75 Å². The van der Waals surface area contributed by atoms with Gasteiger partial charge in [0.1, 0.15) is 11.4 Å². The molecular weight excluding hydrogens is 332 g/mol. The average molecular weight is 338 g/mol. The molecule has 0 spiro atoms. The zero-order valence-electron chi connectivity index (χ0n) is 7.17. The molecule has 0 radical (unpaired) electrons. The van der Waals surface area contributed by atoms with Crippen LogP contribution in [0.15, 0.2) is 26.5 Å². The number of nitrogens with zero attached hydrogens (tertiary/aromatic N) is 1. The molecule has 1 N–H and O–H groups in total. The normalized spacial score (nSPS) is 14.1. The molecule has 0 atom stereocenters. The van der Waals surface area contributed by atoms with Crippen LogP contribution in [0.25, 0.3) is 0 Å². The summed E-state index contributed by atoms with van der Waals surface area (Å²) in [5.41, 5.74) is 0.853. The smallest absolute Gasteiger partial charge is 0.181 e. The zero-order valence-corrected chi connectivity index (χ0v) is 11.2. The fourth-order valence-electron chi connectivity index (χ4n) is 1.11. The van der Waals surface area contributed by atoms with E-state index in [4.69, 9.17) is 4.74 Å². The van der Waals surface area contributed by atoms with Crippen molar-refractivity contribution in [1.82, 2.24) is 4.72 Å². The van der Waals surface area contributed by atoms with Crippen molar-refractivity contribution >= 4 is 54.2 Å². The quantitative estimate of drug-likeness (QED) is 0.629. The number of halogens is 2. The molecule has 74 valence electrons. The average Bonchev–Trinajstić information content (AvgIpc) is 2.17. The number of ether oxygens (including phenoxy) is 1. The van der Waals surface area contributed by atoms with Gasteiger partial charge in [0, 0.05) is 4.47 Å². The van der Waals surface area contributed by atoms with Gasteiger partial charge in [0.05, 0.1) is 12.0 Å². The maximum Gasteiger partial charge on any atom is 0.181 e. The Morgan fingerprint density at radius 1 is 1.43 bits per heavy atom. The number of nitrogens with one attached hydrogen (secondary N) is 1. The summed E-state index contributed by atoms with van der Waals surface area (Å²) in [6, 6.07) is 3.90. The van der Waals surface area contributed by atoms with Gasteiger partial charge in [-0.05, 0) is 40.0 Å². The number of rotatable bonds is 1. The molecule has 6 heteroatoms. The molecule has 0 amide bonds. The minimum absolute atomic E-state index is 0.704. The van der Waals surface area contributed by atoms with Crippen molar-refractivity contribution in [2.45, 2.75) is 4.90 Å². The van der Waals surface area contributed by atoms with Crippen molar-refractivity contribution in [3.05, 3.63) is 16.6 Å². The molecule has 1 heterocycles. The van der Waals surface area contributed by atoms with Gasteiger partial charge in [-0.25, -0.2) is 4.99 Å². The summed E-state index contributed by atoms with van der Waals surface area (Å²) in [5.74, 6) is 0.764. The molecule has 14 heavy (non-hydrogen) atoms. The van der Waals surface area contributed by atoms with Crippen molar-refractivity contribution in [1.29, 1.82) is 0 Å². The van der Waals surface area contributed by atoms with E-state index in [1.807, 2.05) is 12.1 Å². The Balaban J connectivity index is 2.59. The molecule has 1 aliphatic rings. The summed E-state index contributed by atoms with van der Waals surface area (Å²) in [6.45, 7) is 0. The van der Waals surface area contributed by atoms with Crippen LogP contribution >= 0.6 is 43.8 Å². The highest BCUT2D eigenvalue weighted by molar-refractivity contribution is 9.18. The second-order valence-electron chi connectivity index (χ2n) is 2.56. The molecule has 1 aliphatic heterocycles. The number of hydrogen-bond acceptors (Lipinski definition) is 4. The van der Waals surface area contributed by atoms with Crippen molar-refractivity contribution in [2.24, 2.45) is 4.99 Å². The third kappa shape index (κ3) is 1.92. The molecule has 0 bridgehead atoms. The Hall–Kier alpha value is -0.200. The predicted octanol–water partition coefficient (Wildman–Crippen LogP) is 3.45. The molecule has 0 saturated carbocycles. The van der Waals surface area contributed by atoms with Crippen molar-refractivity contribution in [2.75, 3.05) is 7.11 Å². The molecule has 0 saturated heterocycles. The number of hydrogen-bond donors (Lipinski definition) is 1. The van der Waals surface area contributed by atoms with Gasteiger partial charge in [-0.2, -0.15) is 0 Å². The van der Waals surface area contributed by atoms with Crippen LogP contribution in [-0.4, -0.2) is 11.9 Å². The molecule has 3 nitrogen and oxygen atoms in total. The van der Waals surface area contributed by atoms with E-state index in [9.17, 15) is 0 Å². The van der Waals surface area contributed by atoms with Gasteiger partial charge in [0.25, 0.3) is 0 Å². The lowest BCUT2D eigenvalue weighted by atomic mass is 10.3. The fourth-order valence-corrected chi connectivity index (χ4v) is 2.79. The predicted molar refractivity (Wildman–Crippen MR) is 65.7 cm³/mol. The van der Waals surface area contributed by atoms with Crippen LogP contribution in [0.5, 0.6) is 5.75 Å². The number of fused-ring (bicyclic) bond motifs is 1. The summed E-state index contributed by atoms with van der Waals surface area (Å²) >= 11 is 8.21. The van der Waals surface area contributed by atoms with Crippen molar-refractivity contribution < 1.29 is 4.74 Å². The molecule has 1 aromatic carbocycles. The van der Waals surface area contributed by atoms with Crippen LogP contribution in [0.4, 0.5) is 5.69 Å². The van der Waals surface area contributed by atoms with Crippen LogP contribution in [-0.2, 0) is 0 Å². The van der Waals surface area contributed by atoms with E-state index in [0.717, 1.165) is 20.8 Å². The molecule has 0 unspecified atom stereocenters. The SMILES string of the molecule is COc1cc(Br)cc2c1N=C(Br)NS2. The summed E-state index contributed by atoms with van der Waals surface area (Å²) in [5, 5.41) is 0. The van der Waals surface area contributed by atoms with E-state index < -0.39 is 0 Å². The van der Waals surface area contributed by atoms with Crippen LogP contribution in [0.1, 0.15) is 0 Å². The molecule has 0 fully saturated rings. The molecular formula is C8H6Br2N2OS. The lowest BCUT2D eigenvalue weighted by Gasteiger charge is -2.15. The number of benzene rings is 1. The van der Waals surface area contributed by atoms with E-state index in [-0.39, 0.29) is 0 Å². The second-order valence-corrected chi connectivity index (χ2v) is 5.08. The van der Waals surface area contributed by atoms with E-state index in [1.54, 1.807) is 7.11 Å². The van der Waals surface area contributed by atoms with Crippen LogP contribution < -0.4 is 9.46 Å². The zero-order chi connectivity index (χ0) is 10.1. The topological polar surface area (TPSA) is 33.6 Å². The lowest BCUT2D eigenvalue weighted by Crippen LogP contribution is -2.11. The third-order valence-corrected chi connectivity index (χ3v) is 3.60. The van der Waals surface area contributed by atoms with Gasteiger partial charge in [0.15, 0.2) is 4.74 Å². The second kappa shape index (κ2) is 4.12. The summed E-state index contributed by atoms with van der Waals surface area (Å²) in [6.07, 6.45) is 0. The Bertz CT molecular complexity index is 409. The maximum atomic E-state index is 5.24. The monoisotopic (exact) mass is 336 g/mol. The fraction of sp³-hybridized carbons (Fsp3) is 0.125. The van der Waals surface area contributed by atoms with E-state index in [0.29, 0.717) is 4.74 Å². The highest BCUT2D eigenvalue weighted by Crippen LogP contribution is 2.42. The largest absolute Gasteiger partial charge is 0.494 e. The Labute approximate surface area is 103 Å². The van der Waals surface area contributed by atoms with Gasteiger partial charge >= 0.3 is 0 Å². The first-order chi connectivity index (χ1) is 6.70. The Kier molecular flexibility index (Phi) is 3.04. The summed E-state index contributed by atoms with van der Waals surface area (Å²) in [4.78, 5) is 5.35. The van der Waals surface area contributed by atoms with E-state index in [2.05, 4.69) is 41.6 Å². The van der Waals surface area contributed by atoms with Gasteiger partial charge in [-0.3, -0.25) is 0 Å². The minimum Gasteiger partial charge on any atom is -0.494 e. The molecule has 1 aromatic rings. The summed E-state index contributed by atoms with van der Waals surface area (Å²) in [7, 11) is 1.64. The molecule has 0 aliphatic carbocycles. The standard InChI is InChI=1S/C8H6Br2N2OS/c1-13-5-2-4(9)3-6-7(5)11-8(10)12-14-6/h2-3H,1H3,(H,11,12). The maximum absolute atomic E-state index is 5.24. The first-order valence-electron chi connectivity index (χ1n) is 3.75. The van der Waals surface area contributed by atoms with Gasteiger partial charge < -0.3 is 9.46 Å². The third-order valence-electron chi connectivity index (χ3n) is 1.68. The first kappa shape index (κ1) is 10.3. The highest BCUT2D eigenvalue weighted by atomic mass is 79.9. The van der Waals surface area contributed by atoms with Gasteiger partial charge in [-0.1, -0.05) is 15.9 Å². The van der Waals surface area contributed by atoms with E-state index in [1.165, 1.54) is 11.9 Å². The first-order valence-corrected chi connectivity index (χ1v) is 6.15. The number of amidine groups is 1. The highest BCUT2D eigenvalue weighted by Gasteiger charge is 2.16. The summed E-state index contributed by atoms with van der Waals surface area (Å²) < 4.78 is 9.95. The van der Waals surface area contributed by atoms with Crippen LogP contribution in [0, 0.1) is 0 Å². The Morgan fingerprint density at radius 2 is 2.21 bits per heavy atom. The number of aliphatic imine (C=N–C) groups is 1. The lowest BCUT2D eigenvalue weighted by molar-refractivity contribution is 0.415. The van der Waals surface area contributed by atoms with Gasteiger partial charge in [0.2, 0.25) is 0 Å². The van der Waals surface area contributed by atoms with Gasteiger partial charge in [-0.15, -0.1) is 0 Å². The molecule has 2 rings (SSSR count). The Morgan fingerprint density at radius 3 is 2.93 bits per heavy atom. The van der Waals surface area contributed by atoms with Crippen LogP contribution in [0.3, 0.4) is 0 Å². The minimum atomic E-state index is 0.704. The molecule has 0 aromatic heterocycles.